The lowest BCUT2D eigenvalue weighted by Gasteiger charge is -2.22. The largest absolute Gasteiger partial charge is 0.497 e. The molecule has 0 amide bonds. The summed E-state index contributed by atoms with van der Waals surface area (Å²) in [6.45, 7) is 7.14. The van der Waals surface area contributed by atoms with Crippen LogP contribution in [0.1, 0.15) is 31.0 Å². The van der Waals surface area contributed by atoms with Crippen LogP contribution in [-0.2, 0) is 6.54 Å². The molecule has 2 atom stereocenters. The van der Waals surface area contributed by atoms with Crippen LogP contribution >= 0.6 is 0 Å². The number of hydrogen-bond acceptors (Lipinski definition) is 4. The number of aromatic nitrogens is 4. The molecule has 0 saturated heterocycles. The summed E-state index contributed by atoms with van der Waals surface area (Å²) in [5, 5.41) is 15.3. The Bertz CT molecular complexity index is 805. The second-order valence-electron chi connectivity index (χ2n) is 6.41. The third-order valence-corrected chi connectivity index (χ3v) is 4.58. The van der Waals surface area contributed by atoms with Crippen molar-refractivity contribution in [2.24, 2.45) is 0 Å². The Labute approximate surface area is 148 Å². The molecule has 0 unspecified atom stereocenters. The van der Waals surface area contributed by atoms with Crippen molar-refractivity contribution in [2.75, 3.05) is 7.11 Å². The van der Waals surface area contributed by atoms with E-state index in [1.807, 2.05) is 41.3 Å². The molecule has 2 aromatic heterocycles. The third-order valence-electron chi connectivity index (χ3n) is 4.58. The first-order valence-corrected chi connectivity index (χ1v) is 8.49. The maximum absolute atomic E-state index is 5.22. The fourth-order valence-electron chi connectivity index (χ4n) is 2.78. The summed E-state index contributed by atoms with van der Waals surface area (Å²) in [5.74, 6) is 0.847. The van der Waals surface area contributed by atoms with E-state index in [9.17, 15) is 0 Å². The standard InChI is InChI=1S/C19H25N5O/c1-13-9-22-24(12-13)15(3)14(2)20-10-17-11-21-23-19(17)16-5-7-18(25-4)8-6-16/h5-9,11-12,14-15,20H,10H2,1-4H3,(H,21,23)/t14-,15-/m1/s1. The van der Waals surface area contributed by atoms with Crippen molar-refractivity contribution in [1.29, 1.82) is 0 Å². The van der Waals surface area contributed by atoms with Gasteiger partial charge >= 0.3 is 0 Å². The average Bonchev–Trinajstić information content (AvgIpc) is 3.28. The molecule has 0 fully saturated rings. The van der Waals surface area contributed by atoms with Crippen LogP contribution in [0.15, 0.2) is 42.9 Å². The Morgan fingerprint density at radius 1 is 1.20 bits per heavy atom. The number of aryl methyl sites for hydroxylation is 1. The van der Waals surface area contributed by atoms with Gasteiger partial charge < -0.3 is 10.1 Å². The van der Waals surface area contributed by atoms with Gasteiger partial charge in [-0.2, -0.15) is 10.2 Å². The molecule has 6 nitrogen and oxygen atoms in total. The minimum atomic E-state index is 0.269. The van der Waals surface area contributed by atoms with Crippen LogP contribution in [0, 0.1) is 6.92 Å². The summed E-state index contributed by atoms with van der Waals surface area (Å²) in [7, 11) is 1.67. The Morgan fingerprint density at radius 3 is 2.60 bits per heavy atom. The van der Waals surface area contributed by atoms with Gasteiger partial charge in [-0.25, -0.2) is 0 Å². The van der Waals surface area contributed by atoms with Crippen LogP contribution in [0.2, 0.25) is 0 Å². The fourth-order valence-corrected chi connectivity index (χ4v) is 2.78. The van der Waals surface area contributed by atoms with Crippen molar-refractivity contribution in [3.63, 3.8) is 0 Å². The van der Waals surface area contributed by atoms with E-state index in [1.165, 1.54) is 5.56 Å². The number of benzene rings is 1. The van der Waals surface area contributed by atoms with Crippen molar-refractivity contribution in [3.05, 3.63) is 54.0 Å². The number of hydrogen-bond donors (Lipinski definition) is 2. The Balaban J connectivity index is 1.66. The van der Waals surface area contributed by atoms with E-state index in [1.54, 1.807) is 7.11 Å². The first kappa shape index (κ1) is 17.2. The molecule has 0 aliphatic rings. The van der Waals surface area contributed by atoms with Crippen LogP contribution in [0.3, 0.4) is 0 Å². The number of rotatable bonds is 7. The van der Waals surface area contributed by atoms with E-state index < -0.39 is 0 Å². The zero-order chi connectivity index (χ0) is 17.8. The molecule has 132 valence electrons. The highest BCUT2D eigenvalue weighted by Crippen LogP contribution is 2.24. The molecule has 0 bridgehead atoms. The summed E-state index contributed by atoms with van der Waals surface area (Å²) in [6.07, 6.45) is 5.84. The normalized spacial score (nSPS) is 13.6. The highest BCUT2D eigenvalue weighted by atomic mass is 16.5. The second kappa shape index (κ2) is 7.53. The predicted octanol–water partition coefficient (Wildman–Crippen LogP) is 3.33. The number of H-pyrrole nitrogens is 1. The fraction of sp³-hybridized carbons (Fsp3) is 0.368. The number of nitrogens with zero attached hydrogens (tertiary/aromatic N) is 3. The SMILES string of the molecule is COc1ccc(-c2[nH]ncc2CN[C@H](C)[C@@H](C)n2cc(C)cn2)cc1. The maximum Gasteiger partial charge on any atom is 0.118 e. The van der Waals surface area contributed by atoms with Crippen molar-refractivity contribution in [2.45, 2.75) is 39.4 Å². The summed E-state index contributed by atoms with van der Waals surface area (Å²) in [4.78, 5) is 0. The quantitative estimate of drug-likeness (QED) is 0.693. The first-order chi connectivity index (χ1) is 12.1. The van der Waals surface area contributed by atoms with Gasteiger partial charge in [-0.15, -0.1) is 0 Å². The molecule has 0 saturated carbocycles. The second-order valence-corrected chi connectivity index (χ2v) is 6.41. The molecule has 0 spiro atoms. The van der Waals surface area contributed by atoms with Gasteiger partial charge in [0.1, 0.15) is 5.75 Å². The molecular formula is C19H25N5O. The van der Waals surface area contributed by atoms with E-state index in [4.69, 9.17) is 4.74 Å². The van der Waals surface area contributed by atoms with E-state index in [2.05, 4.69) is 47.6 Å². The van der Waals surface area contributed by atoms with Crippen molar-refractivity contribution in [1.82, 2.24) is 25.3 Å². The van der Waals surface area contributed by atoms with E-state index >= 15 is 0 Å². The lowest BCUT2D eigenvalue weighted by molar-refractivity contribution is 0.365. The van der Waals surface area contributed by atoms with Gasteiger partial charge in [0.2, 0.25) is 0 Å². The molecule has 3 aromatic rings. The zero-order valence-corrected chi connectivity index (χ0v) is 15.2. The van der Waals surface area contributed by atoms with Gasteiger partial charge in [-0.3, -0.25) is 9.78 Å². The lowest BCUT2D eigenvalue weighted by atomic mass is 10.1. The smallest absolute Gasteiger partial charge is 0.118 e. The number of methoxy groups -OCH3 is 1. The van der Waals surface area contributed by atoms with Crippen LogP contribution in [0.4, 0.5) is 0 Å². The van der Waals surface area contributed by atoms with E-state index in [0.29, 0.717) is 0 Å². The molecule has 0 aliphatic carbocycles. The monoisotopic (exact) mass is 339 g/mol. The van der Waals surface area contributed by atoms with Gasteiger partial charge in [0.05, 0.1) is 31.2 Å². The van der Waals surface area contributed by atoms with E-state index in [0.717, 1.165) is 29.1 Å². The maximum atomic E-state index is 5.22. The third kappa shape index (κ3) is 3.91. The molecule has 3 rings (SSSR count). The van der Waals surface area contributed by atoms with Crippen molar-refractivity contribution < 1.29 is 4.74 Å². The van der Waals surface area contributed by atoms with Crippen LogP contribution in [-0.4, -0.2) is 33.1 Å². The molecule has 2 N–H and O–H groups in total. The molecule has 0 radical (unpaired) electrons. The van der Waals surface area contributed by atoms with Crippen LogP contribution < -0.4 is 10.1 Å². The lowest BCUT2D eigenvalue weighted by Crippen LogP contribution is -2.33. The summed E-state index contributed by atoms with van der Waals surface area (Å²) < 4.78 is 7.23. The number of nitrogens with one attached hydrogen (secondary N) is 2. The molecule has 25 heavy (non-hydrogen) atoms. The summed E-state index contributed by atoms with van der Waals surface area (Å²) in [5.41, 5.74) is 4.44. The van der Waals surface area contributed by atoms with Gasteiger partial charge in [0.15, 0.2) is 0 Å². The van der Waals surface area contributed by atoms with E-state index in [-0.39, 0.29) is 12.1 Å². The Hall–Kier alpha value is -2.60. The number of aromatic amines is 1. The molecular weight excluding hydrogens is 314 g/mol. The molecule has 0 aliphatic heterocycles. The van der Waals surface area contributed by atoms with Crippen LogP contribution in [0.25, 0.3) is 11.3 Å². The summed E-state index contributed by atoms with van der Waals surface area (Å²) >= 11 is 0. The highest BCUT2D eigenvalue weighted by molar-refractivity contribution is 5.63. The highest BCUT2D eigenvalue weighted by Gasteiger charge is 2.16. The van der Waals surface area contributed by atoms with Gasteiger partial charge in [0.25, 0.3) is 0 Å². The summed E-state index contributed by atoms with van der Waals surface area (Å²) in [6, 6.07) is 8.53. The van der Waals surface area contributed by atoms with Gasteiger partial charge in [0, 0.05) is 29.9 Å². The Morgan fingerprint density at radius 2 is 1.96 bits per heavy atom. The topological polar surface area (TPSA) is 67.8 Å². The van der Waals surface area contributed by atoms with Crippen molar-refractivity contribution >= 4 is 0 Å². The van der Waals surface area contributed by atoms with Gasteiger partial charge in [-0.1, -0.05) is 0 Å². The van der Waals surface area contributed by atoms with Crippen LogP contribution in [0.5, 0.6) is 5.75 Å². The molecule has 1 aromatic carbocycles. The minimum Gasteiger partial charge on any atom is -0.497 e. The first-order valence-electron chi connectivity index (χ1n) is 8.49. The predicted molar refractivity (Wildman–Crippen MR) is 98.6 cm³/mol. The average molecular weight is 339 g/mol. The number of ether oxygens (including phenoxy) is 1. The van der Waals surface area contributed by atoms with Crippen molar-refractivity contribution in [3.8, 4) is 17.0 Å². The molecule has 6 heteroatoms. The Kier molecular flexibility index (Phi) is 5.19. The molecule has 2 heterocycles. The zero-order valence-electron chi connectivity index (χ0n) is 15.2. The van der Waals surface area contributed by atoms with Gasteiger partial charge in [-0.05, 0) is 50.6 Å². The minimum absolute atomic E-state index is 0.269.